The van der Waals surface area contributed by atoms with Crippen LogP contribution in [-0.2, 0) is 10.0 Å². The summed E-state index contributed by atoms with van der Waals surface area (Å²) in [5.41, 5.74) is 1.63. The largest absolute Gasteiger partial charge is 0.353 e. The summed E-state index contributed by atoms with van der Waals surface area (Å²) in [4.78, 5) is 6.57. The van der Waals surface area contributed by atoms with Gasteiger partial charge >= 0.3 is 0 Å². The number of nitriles is 1. The van der Waals surface area contributed by atoms with Crippen molar-refractivity contribution in [1.29, 1.82) is 5.26 Å². The Bertz CT molecular complexity index is 909. The number of anilines is 1. The fourth-order valence-electron chi connectivity index (χ4n) is 3.05. The number of rotatable bonds is 4. The molecule has 0 amide bonds. The van der Waals surface area contributed by atoms with E-state index in [4.69, 9.17) is 0 Å². The lowest BCUT2D eigenvalue weighted by atomic mass is 10.0. The van der Waals surface area contributed by atoms with Gasteiger partial charge in [0.2, 0.25) is 10.0 Å². The summed E-state index contributed by atoms with van der Waals surface area (Å²) in [6.07, 6.45) is 1.65. The molecule has 0 aliphatic carbocycles. The molecule has 3 rings (SSSR count). The maximum absolute atomic E-state index is 12.9. The lowest BCUT2D eigenvalue weighted by molar-refractivity contribution is 0.383. The molecule has 2 heterocycles. The lowest BCUT2D eigenvalue weighted by Crippen LogP contribution is -2.49. The minimum atomic E-state index is -3.50. The summed E-state index contributed by atoms with van der Waals surface area (Å²) in [7, 11) is -3.50. The summed E-state index contributed by atoms with van der Waals surface area (Å²) in [6.45, 7) is 5.92. The third kappa shape index (κ3) is 3.57. The van der Waals surface area contributed by atoms with Crippen LogP contribution in [0.5, 0.6) is 0 Å². The Morgan fingerprint density at radius 2 is 1.73 bits per heavy atom. The van der Waals surface area contributed by atoms with Gasteiger partial charge < -0.3 is 4.90 Å². The molecule has 1 aromatic carbocycles. The van der Waals surface area contributed by atoms with Gasteiger partial charge in [-0.15, -0.1) is 0 Å². The molecule has 2 aromatic rings. The Kier molecular flexibility index (Phi) is 5.25. The van der Waals surface area contributed by atoms with Crippen LogP contribution in [0.4, 0.5) is 5.82 Å². The minimum Gasteiger partial charge on any atom is -0.353 e. The molecule has 0 bridgehead atoms. The van der Waals surface area contributed by atoms with Crippen molar-refractivity contribution in [2.75, 3.05) is 31.1 Å². The fourth-order valence-corrected chi connectivity index (χ4v) is 4.47. The van der Waals surface area contributed by atoms with Crippen LogP contribution in [-0.4, -0.2) is 43.9 Å². The first-order valence-corrected chi connectivity index (χ1v) is 10.1. The van der Waals surface area contributed by atoms with Gasteiger partial charge in [-0.05, 0) is 35.7 Å². The highest BCUT2D eigenvalue weighted by Gasteiger charge is 2.29. The molecule has 0 atom stereocenters. The van der Waals surface area contributed by atoms with E-state index in [1.165, 1.54) is 4.31 Å². The topological polar surface area (TPSA) is 77.3 Å². The summed E-state index contributed by atoms with van der Waals surface area (Å²) < 4.78 is 27.3. The number of hydrogen-bond donors (Lipinski definition) is 0. The Hall–Kier alpha value is -2.43. The molecule has 136 valence electrons. The van der Waals surface area contributed by atoms with Crippen molar-refractivity contribution in [1.82, 2.24) is 9.29 Å². The molecule has 0 spiro atoms. The zero-order valence-electron chi connectivity index (χ0n) is 15.0. The molecule has 1 aromatic heterocycles. The van der Waals surface area contributed by atoms with Gasteiger partial charge in [-0.3, -0.25) is 0 Å². The molecule has 1 saturated heterocycles. The summed E-state index contributed by atoms with van der Waals surface area (Å²) in [5.74, 6) is 0.983. The normalized spacial score (nSPS) is 15.8. The molecule has 0 radical (unpaired) electrons. The van der Waals surface area contributed by atoms with E-state index in [0.717, 1.165) is 5.56 Å². The van der Waals surface area contributed by atoms with Gasteiger partial charge in [0, 0.05) is 32.4 Å². The van der Waals surface area contributed by atoms with E-state index >= 15 is 0 Å². The highest BCUT2D eigenvalue weighted by molar-refractivity contribution is 7.89. The second-order valence-corrected chi connectivity index (χ2v) is 8.54. The Balaban J connectivity index is 1.73. The number of aromatic nitrogens is 1. The second kappa shape index (κ2) is 7.44. The molecule has 0 unspecified atom stereocenters. The standard InChI is InChI=1S/C19H22N4O2S/c1-15(2)16-5-7-18(8-6-16)26(24,25)23-12-10-22(11-13-23)19-17(14-20)4-3-9-21-19/h3-9,15H,10-13H2,1-2H3. The summed E-state index contributed by atoms with van der Waals surface area (Å²) in [5, 5.41) is 9.22. The number of benzene rings is 1. The van der Waals surface area contributed by atoms with Crippen LogP contribution in [0.25, 0.3) is 0 Å². The van der Waals surface area contributed by atoms with Gasteiger partial charge in [-0.2, -0.15) is 9.57 Å². The van der Waals surface area contributed by atoms with Crippen LogP contribution in [0, 0.1) is 11.3 Å². The van der Waals surface area contributed by atoms with Gasteiger partial charge in [0.1, 0.15) is 11.9 Å². The van der Waals surface area contributed by atoms with Crippen LogP contribution in [0.15, 0.2) is 47.5 Å². The van der Waals surface area contributed by atoms with Crippen LogP contribution >= 0.6 is 0 Å². The maximum atomic E-state index is 12.9. The minimum absolute atomic E-state index is 0.325. The van der Waals surface area contributed by atoms with Gasteiger partial charge in [0.05, 0.1) is 10.5 Å². The maximum Gasteiger partial charge on any atom is 0.243 e. The lowest BCUT2D eigenvalue weighted by Gasteiger charge is -2.35. The van der Waals surface area contributed by atoms with Crippen LogP contribution in [0.2, 0.25) is 0 Å². The third-order valence-electron chi connectivity index (χ3n) is 4.63. The molecule has 6 nitrogen and oxygen atoms in total. The van der Waals surface area contributed by atoms with E-state index in [9.17, 15) is 13.7 Å². The first kappa shape index (κ1) is 18.4. The summed E-state index contributed by atoms with van der Waals surface area (Å²) >= 11 is 0. The fraction of sp³-hybridized carbons (Fsp3) is 0.368. The number of piperazine rings is 1. The van der Waals surface area contributed by atoms with E-state index in [1.807, 2.05) is 17.0 Å². The van der Waals surface area contributed by atoms with Crippen molar-refractivity contribution in [2.45, 2.75) is 24.7 Å². The van der Waals surface area contributed by atoms with Crippen molar-refractivity contribution in [3.8, 4) is 6.07 Å². The number of sulfonamides is 1. The van der Waals surface area contributed by atoms with E-state index in [1.54, 1.807) is 30.5 Å². The average Bonchev–Trinajstić information content (AvgIpc) is 2.68. The van der Waals surface area contributed by atoms with Crippen molar-refractivity contribution in [2.24, 2.45) is 0 Å². The highest BCUT2D eigenvalue weighted by atomic mass is 32.2. The molecule has 26 heavy (non-hydrogen) atoms. The monoisotopic (exact) mass is 370 g/mol. The molecule has 7 heteroatoms. The first-order valence-electron chi connectivity index (χ1n) is 8.63. The van der Waals surface area contributed by atoms with Crippen molar-refractivity contribution in [3.63, 3.8) is 0 Å². The zero-order chi connectivity index (χ0) is 18.7. The predicted octanol–water partition coefficient (Wildman–Crippen LogP) is 2.59. The molecular formula is C19H22N4O2S. The van der Waals surface area contributed by atoms with E-state index in [-0.39, 0.29) is 0 Å². The highest BCUT2D eigenvalue weighted by Crippen LogP contribution is 2.23. The van der Waals surface area contributed by atoms with E-state index in [0.29, 0.717) is 48.4 Å². The van der Waals surface area contributed by atoms with Gasteiger partial charge in [0.25, 0.3) is 0 Å². The smallest absolute Gasteiger partial charge is 0.243 e. The Morgan fingerprint density at radius 3 is 2.31 bits per heavy atom. The number of hydrogen-bond acceptors (Lipinski definition) is 5. The van der Waals surface area contributed by atoms with E-state index < -0.39 is 10.0 Å². The van der Waals surface area contributed by atoms with Crippen molar-refractivity contribution >= 4 is 15.8 Å². The molecule has 1 aliphatic rings. The van der Waals surface area contributed by atoms with Crippen molar-refractivity contribution < 1.29 is 8.42 Å². The summed E-state index contributed by atoms with van der Waals surface area (Å²) in [6, 6.07) is 12.7. The first-order chi connectivity index (χ1) is 12.4. The van der Waals surface area contributed by atoms with Crippen LogP contribution in [0.1, 0.15) is 30.9 Å². The van der Waals surface area contributed by atoms with Gasteiger partial charge in [0.15, 0.2) is 0 Å². The SMILES string of the molecule is CC(C)c1ccc(S(=O)(=O)N2CCN(c3ncccc3C#N)CC2)cc1. The van der Waals surface area contributed by atoms with E-state index in [2.05, 4.69) is 24.9 Å². The molecule has 0 N–H and O–H groups in total. The third-order valence-corrected chi connectivity index (χ3v) is 6.54. The molecule has 0 saturated carbocycles. The quantitative estimate of drug-likeness (QED) is 0.827. The Morgan fingerprint density at radius 1 is 1.08 bits per heavy atom. The number of pyridine rings is 1. The molecule has 1 fully saturated rings. The number of nitrogens with zero attached hydrogens (tertiary/aromatic N) is 4. The second-order valence-electron chi connectivity index (χ2n) is 6.60. The average molecular weight is 370 g/mol. The van der Waals surface area contributed by atoms with Gasteiger partial charge in [-0.25, -0.2) is 13.4 Å². The predicted molar refractivity (Wildman–Crippen MR) is 100 cm³/mol. The van der Waals surface area contributed by atoms with Gasteiger partial charge in [-0.1, -0.05) is 26.0 Å². The van der Waals surface area contributed by atoms with Crippen LogP contribution < -0.4 is 4.90 Å². The van der Waals surface area contributed by atoms with Crippen molar-refractivity contribution in [3.05, 3.63) is 53.7 Å². The zero-order valence-corrected chi connectivity index (χ0v) is 15.8. The Labute approximate surface area is 154 Å². The molecule has 1 aliphatic heterocycles. The molecular weight excluding hydrogens is 348 g/mol. The van der Waals surface area contributed by atoms with Crippen LogP contribution in [0.3, 0.4) is 0 Å².